The lowest BCUT2D eigenvalue weighted by molar-refractivity contribution is 0.0731. The van der Waals surface area contributed by atoms with Gasteiger partial charge in [-0.25, -0.2) is 0 Å². The van der Waals surface area contributed by atoms with Crippen LogP contribution in [0.1, 0.15) is 56.4 Å². The molecule has 0 bridgehead atoms. The highest BCUT2D eigenvalue weighted by atomic mass is 79.9. The highest BCUT2D eigenvalue weighted by Crippen LogP contribution is 2.41. The molecular weight excluding hydrogens is 326 g/mol. The smallest absolute Gasteiger partial charge is 0.0499 e. The van der Waals surface area contributed by atoms with Crippen LogP contribution in [0.2, 0.25) is 0 Å². The van der Waals surface area contributed by atoms with Crippen LogP contribution in [-0.2, 0) is 0 Å². The maximum atomic E-state index is 9.77. The number of benzene rings is 1. The van der Waals surface area contributed by atoms with E-state index in [2.05, 4.69) is 45.5 Å². The van der Waals surface area contributed by atoms with Gasteiger partial charge in [0.2, 0.25) is 0 Å². The molecule has 1 aromatic rings. The van der Waals surface area contributed by atoms with Gasteiger partial charge in [-0.3, -0.25) is 0 Å². The summed E-state index contributed by atoms with van der Waals surface area (Å²) in [6.07, 6.45) is 8.75. The largest absolute Gasteiger partial charge is 0.396 e. The summed E-state index contributed by atoms with van der Waals surface area (Å²) in [5, 5.41) is 13.5. The normalized spacial score (nSPS) is 28.1. The second-order valence-corrected chi connectivity index (χ2v) is 7.84. The predicted octanol–water partition coefficient (Wildman–Crippen LogP) is 4.23. The van der Waals surface area contributed by atoms with E-state index < -0.39 is 0 Å². The molecule has 0 saturated heterocycles. The van der Waals surface area contributed by atoms with Crippen LogP contribution in [0.4, 0.5) is 0 Å². The van der Waals surface area contributed by atoms with E-state index in [-0.39, 0.29) is 5.41 Å². The lowest BCUT2D eigenvalue weighted by Gasteiger charge is -2.41. The fourth-order valence-corrected chi connectivity index (χ4v) is 4.51. The molecule has 0 aliphatic heterocycles. The third kappa shape index (κ3) is 3.52. The first-order chi connectivity index (χ1) is 10.2. The Hall–Kier alpha value is -0.380. The van der Waals surface area contributed by atoms with E-state index >= 15 is 0 Å². The molecule has 0 aromatic heterocycles. The van der Waals surface area contributed by atoms with E-state index in [4.69, 9.17) is 0 Å². The summed E-state index contributed by atoms with van der Waals surface area (Å²) in [5.41, 5.74) is 1.61. The van der Waals surface area contributed by atoms with Crippen molar-refractivity contribution >= 4 is 15.9 Å². The minimum Gasteiger partial charge on any atom is -0.396 e. The quantitative estimate of drug-likeness (QED) is 0.831. The molecule has 3 rings (SSSR count). The highest BCUT2D eigenvalue weighted by molar-refractivity contribution is 9.10. The van der Waals surface area contributed by atoms with Gasteiger partial charge in [0.25, 0.3) is 0 Å². The molecule has 3 heteroatoms. The molecule has 21 heavy (non-hydrogen) atoms. The third-order valence-corrected chi connectivity index (χ3v) is 6.22. The Balaban J connectivity index is 1.48. The molecule has 2 aliphatic rings. The van der Waals surface area contributed by atoms with Gasteiger partial charge in [-0.2, -0.15) is 0 Å². The average molecular weight is 352 g/mol. The van der Waals surface area contributed by atoms with Crippen molar-refractivity contribution < 1.29 is 5.11 Å². The van der Waals surface area contributed by atoms with Gasteiger partial charge in [-0.05, 0) is 43.2 Å². The Morgan fingerprint density at radius 1 is 1.14 bits per heavy atom. The summed E-state index contributed by atoms with van der Waals surface area (Å²) in [6, 6.07) is 9.22. The molecule has 2 N–H and O–H groups in total. The molecule has 2 saturated carbocycles. The Morgan fingerprint density at radius 2 is 1.86 bits per heavy atom. The summed E-state index contributed by atoms with van der Waals surface area (Å²) in [6.45, 7) is 1.34. The SMILES string of the molecule is OCC1(CNC2CC(c3ccccc3Br)C2)CCCCC1. The van der Waals surface area contributed by atoms with Gasteiger partial charge < -0.3 is 10.4 Å². The predicted molar refractivity (Wildman–Crippen MR) is 90.5 cm³/mol. The number of hydrogen-bond acceptors (Lipinski definition) is 2. The zero-order valence-electron chi connectivity index (χ0n) is 12.7. The number of halogens is 1. The van der Waals surface area contributed by atoms with Crippen LogP contribution in [0.5, 0.6) is 0 Å². The van der Waals surface area contributed by atoms with Gasteiger partial charge in [0.1, 0.15) is 0 Å². The maximum Gasteiger partial charge on any atom is 0.0499 e. The van der Waals surface area contributed by atoms with E-state index in [1.165, 1.54) is 55.0 Å². The van der Waals surface area contributed by atoms with Gasteiger partial charge in [0, 0.05) is 29.1 Å². The zero-order valence-corrected chi connectivity index (χ0v) is 14.2. The van der Waals surface area contributed by atoms with Gasteiger partial charge in [-0.15, -0.1) is 0 Å². The van der Waals surface area contributed by atoms with Crippen molar-refractivity contribution in [3.8, 4) is 0 Å². The molecule has 2 fully saturated rings. The average Bonchev–Trinajstić information content (AvgIpc) is 2.48. The molecule has 2 aliphatic carbocycles. The minimum atomic E-state index is 0.163. The fourth-order valence-electron chi connectivity index (χ4n) is 3.90. The fraction of sp³-hybridized carbons (Fsp3) is 0.667. The van der Waals surface area contributed by atoms with Crippen molar-refractivity contribution in [2.45, 2.75) is 56.9 Å². The van der Waals surface area contributed by atoms with E-state index in [0.717, 1.165) is 6.54 Å². The Bertz CT molecular complexity index is 464. The van der Waals surface area contributed by atoms with Crippen LogP contribution in [-0.4, -0.2) is 24.3 Å². The Kier molecular flexibility index (Phi) is 5.03. The van der Waals surface area contributed by atoms with Crippen LogP contribution in [0, 0.1) is 5.41 Å². The lowest BCUT2D eigenvalue weighted by atomic mass is 9.72. The molecule has 0 heterocycles. The third-order valence-electron chi connectivity index (χ3n) is 5.50. The lowest BCUT2D eigenvalue weighted by Crippen LogP contribution is -2.47. The first kappa shape index (κ1) is 15.5. The van der Waals surface area contributed by atoms with Gasteiger partial charge in [-0.1, -0.05) is 53.4 Å². The van der Waals surface area contributed by atoms with Crippen LogP contribution < -0.4 is 5.32 Å². The van der Waals surface area contributed by atoms with Crippen molar-refractivity contribution in [1.29, 1.82) is 0 Å². The van der Waals surface area contributed by atoms with E-state index in [9.17, 15) is 5.11 Å². The van der Waals surface area contributed by atoms with Gasteiger partial charge in [0.15, 0.2) is 0 Å². The molecule has 0 amide bonds. The summed E-state index contributed by atoms with van der Waals surface area (Å²) < 4.78 is 1.24. The Morgan fingerprint density at radius 3 is 2.52 bits per heavy atom. The first-order valence-electron chi connectivity index (χ1n) is 8.31. The summed E-state index contributed by atoms with van der Waals surface area (Å²) in [5.74, 6) is 0.689. The van der Waals surface area contributed by atoms with Crippen molar-refractivity contribution in [3.05, 3.63) is 34.3 Å². The van der Waals surface area contributed by atoms with Gasteiger partial charge >= 0.3 is 0 Å². The summed E-state index contributed by atoms with van der Waals surface area (Å²) in [4.78, 5) is 0. The van der Waals surface area contributed by atoms with Gasteiger partial charge in [0.05, 0.1) is 0 Å². The van der Waals surface area contributed by atoms with Crippen LogP contribution in [0.15, 0.2) is 28.7 Å². The number of rotatable bonds is 5. The highest BCUT2D eigenvalue weighted by Gasteiger charge is 2.35. The number of aliphatic hydroxyl groups is 1. The van der Waals surface area contributed by atoms with Crippen LogP contribution in [0.25, 0.3) is 0 Å². The monoisotopic (exact) mass is 351 g/mol. The van der Waals surface area contributed by atoms with Crippen LogP contribution in [0.3, 0.4) is 0 Å². The zero-order chi connectivity index (χ0) is 14.7. The standard InChI is InChI=1S/C18H26BrNO/c19-17-7-3-2-6-16(17)14-10-15(11-14)20-12-18(13-21)8-4-1-5-9-18/h2-3,6-7,14-15,20-21H,1,4-5,8-13H2. The van der Waals surface area contributed by atoms with Crippen molar-refractivity contribution in [1.82, 2.24) is 5.32 Å². The number of aliphatic hydroxyl groups excluding tert-OH is 1. The second kappa shape index (κ2) is 6.80. The molecular formula is C18H26BrNO. The maximum absolute atomic E-state index is 9.77. The summed E-state index contributed by atoms with van der Waals surface area (Å²) in [7, 11) is 0. The van der Waals surface area contributed by atoms with Crippen molar-refractivity contribution in [3.63, 3.8) is 0 Å². The number of hydrogen-bond donors (Lipinski definition) is 2. The Labute approximate surface area is 136 Å². The van der Waals surface area contributed by atoms with E-state index in [0.29, 0.717) is 18.6 Å². The molecule has 116 valence electrons. The van der Waals surface area contributed by atoms with Crippen molar-refractivity contribution in [2.24, 2.45) is 5.41 Å². The number of nitrogens with one attached hydrogen (secondary N) is 1. The van der Waals surface area contributed by atoms with Crippen LogP contribution >= 0.6 is 15.9 Å². The topological polar surface area (TPSA) is 32.3 Å². The molecule has 0 unspecified atom stereocenters. The van der Waals surface area contributed by atoms with E-state index in [1.54, 1.807) is 0 Å². The van der Waals surface area contributed by atoms with E-state index in [1.807, 2.05) is 0 Å². The molecule has 0 spiro atoms. The summed E-state index contributed by atoms with van der Waals surface area (Å²) >= 11 is 3.66. The molecule has 0 radical (unpaired) electrons. The second-order valence-electron chi connectivity index (χ2n) is 6.99. The minimum absolute atomic E-state index is 0.163. The van der Waals surface area contributed by atoms with Crippen molar-refractivity contribution in [2.75, 3.05) is 13.2 Å². The molecule has 2 nitrogen and oxygen atoms in total. The molecule has 1 aromatic carbocycles. The molecule has 0 atom stereocenters. The first-order valence-corrected chi connectivity index (χ1v) is 9.10.